The van der Waals surface area contributed by atoms with E-state index in [0.29, 0.717) is 26.4 Å². The van der Waals surface area contributed by atoms with E-state index in [-0.39, 0.29) is 29.4 Å². The summed E-state index contributed by atoms with van der Waals surface area (Å²) in [6.45, 7) is 5.16. The zero-order valence-corrected chi connectivity index (χ0v) is 24.2. The van der Waals surface area contributed by atoms with Gasteiger partial charge in [0, 0.05) is 44.8 Å². The van der Waals surface area contributed by atoms with Crippen LogP contribution in [0.4, 0.5) is 0 Å². The van der Waals surface area contributed by atoms with E-state index in [1.165, 1.54) is 57.0 Å². The molecule has 4 aromatic heterocycles. The molecule has 0 saturated carbocycles. The predicted molar refractivity (Wildman–Crippen MR) is 151 cm³/mol. The highest BCUT2D eigenvalue weighted by atomic mass is 35.5. The fraction of sp³-hybridized carbons (Fsp3) is 0.269. The SMILES string of the molecule is COC(=O)c1cc(=O)n(CC(=O)c2ccsc2)cc1-c1cc(SCc2ccc(Cl)s2)n(C(=O)C(C)(C)C)n1. The van der Waals surface area contributed by atoms with Crippen molar-refractivity contribution in [2.24, 2.45) is 5.41 Å². The standard InChI is InChI=1S/C26H24ClN3O5S3/c1-26(2,3)25(34)30-23(37-14-16-5-6-21(27)38-16)10-19(28-30)18-11-29(12-20(31)15-7-8-36-13-15)22(32)9-17(18)24(33)35-4/h5-11,13H,12,14H2,1-4H3. The summed E-state index contributed by atoms with van der Waals surface area (Å²) in [6, 6.07) is 8.25. The number of halogens is 1. The first-order chi connectivity index (χ1) is 18.0. The summed E-state index contributed by atoms with van der Waals surface area (Å²) in [6.07, 6.45) is 1.42. The van der Waals surface area contributed by atoms with E-state index in [1.54, 1.807) is 43.7 Å². The minimum Gasteiger partial charge on any atom is -0.465 e. The van der Waals surface area contributed by atoms with E-state index in [0.717, 1.165) is 10.9 Å². The van der Waals surface area contributed by atoms with Crippen LogP contribution in [0.1, 0.15) is 51.2 Å². The second-order valence-electron chi connectivity index (χ2n) is 9.32. The number of rotatable bonds is 8. The largest absolute Gasteiger partial charge is 0.465 e. The summed E-state index contributed by atoms with van der Waals surface area (Å²) >= 11 is 10.3. The number of pyridine rings is 1. The number of carbonyl (C=O) groups is 3. The first-order valence-corrected chi connectivity index (χ1v) is 14.5. The molecule has 198 valence electrons. The van der Waals surface area contributed by atoms with Crippen molar-refractivity contribution in [1.82, 2.24) is 14.3 Å². The van der Waals surface area contributed by atoms with Gasteiger partial charge in [0.05, 0.1) is 29.2 Å². The molecule has 4 heterocycles. The van der Waals surface area contributed by atoms with Crippen LogP contribution in [-0.2, 0) is 17.0 Å². The van der Waals surface area contributed by atoms with Crippen LogP contribution in [0.3, 0.4) is 0 Å². The monoisotopic (exact) mass is 589 g/mol. The number of ketones is 1. The van der Waals surface area contributed by atoms with Crippen molar-refractivity contribution >= 4 is 63.7 Å². The Kier molecular flexibility index (Phi) is 8.41. The van der Waals surface area contributed by atoms with Gasteiger partial charge in [-0.1, -0.05) is 32.4 Å². The lowest BCUT2D eigenvalue weighted by Gasteiger charge is -2.17. The third-order valence-electron chi connectivity index (χ3n) is 5.47. The molecule has 38 heavy (non-hydrogen) atoms. The van der Waals surface area contributed by atoms with Crippen molar-refractivity contribution < 1.29 is 19.1 Å². The molecule has 8 nitrogen and oxygen atoms in total. The molecular formula is C26H24ClN3O5S3. The summed E-state index contributed by atoms with van der Waals surface area (Å²) in [5.74, 6) is -0.661. The Bertz CT molecular complexity index is 1560. The normalized spacial score (nSPS) is 11.5. The van der Waals surface area contributed by atoms with Crippen molar-refractivity contribution in [1.29, 1.82) is 0 Å². The smallest absolute Gasteiger partial charge is 0.338 e. The maximum atomic E-state index is 13.3. The van der Waals surface area contributed by atoms with Crippen LogP contribution >= 0.6 is 46.0 Å². The van der Waals surface area contributed by atoms with Crippen molar-refractivity contribution in [2.45, 2.75) is 38.1 Å². The molecule has 0 unspecified atom stereocenters. The molecule has 0 amide bonds. The minimum atomic E-state index is -0.734. The molecule has 0 saturated heterocycles. The number of hydrogen-bond donors (Lipinski definition) is 0. The van der Waals surface area contributed by atoms with Gasteiger partial charge in [-0.2, -0.15) is 21.1 Å². The van der Waals surface area contributed by atoms with Crippen LogP contribution in [0.5, 0.6) is 0 Å². The third kappa shape index (κ3) is 6.17. The van der Waals surface area contributed by atoms with Crippen molar-refractivity contribution in [3.63, 3.8) is 0 Å². The molecule has 0 aliphatic carbocycles. The number of carbonyl (C=O) groups excluding carboxylic acids is 3. The Labute approximate surface area is 236 Å². The number of esters is 1. The lowest BCUT2D eigenvalue weighted by atomic mass is 9.96. The van der Waals surface area contributed by atoms with Gasteiger partial charge in [-0.05, 0) is 29.6 Å². The lowest BCUT2D eigenvalue weighted by Crippen LogP contribution is -2.28. The summed E-state index contributed by atoms with van der Waals surface area (Å²) < 4.78 is 8.13. The molecule has 0 aliphatic heterocycles. The number of methoxy groups -OCH3 is 1. The zero-order valence-electron chi connectivity index (χ0n) is 21.0. The molecule has 0 atom stereocenters. The molecule has 0 spiro atoms. The summed E-state index contributed by atoms with van der Waals surface area (Å²) in [5.41, 5.74) is -0.212. The van der Waals surface area contributed by atoms with Gasteiger partial charge in [0.1, 0.15) is 5.03 Å². The minimum absolute atomic E-state index is 0.00817. The van der Waals surface area contributed by atoms with Gasteiger partial charge < -0.3 is 9.30 Å². The van der Waals surface area contributed by atoms with Crippen LogP contribution in [0.2, 0.25) is 4.34 Å². The molecule has 4 aromatic rings. The number of hydrogen-bond acceptors (Lipinski definition) is 9. The molecule has 0 aromatic carbocycles. The number of thioether (sulfide) groups is 1. The van der Waals surface area contributed by atoms with Crippen molar-refractivity contribution in [2.75, 3.05) is 7.11 Å². The number of Topliss-reactive ketones (excluding diaryl/α,β-unsaturated/α-hetero) is 1. The van der Waals surface area contributed by atoms with Gasteiger partial charge >= 0.3 is 5.97 Å². The van der Waals surface area contributed by atoms with Gasteiger partial charge in [-0.3, -0.25) is 14.4 Å². The topological polar surface area (TPSA) is 100 Å². The highest BCUT2D eigenvalue weighted by molar-refractivity contribution is 7.98. The number of nitrogens with zero attached hydrogens (tertiary/aromatic N) is 3. The van der Waals surface area contributed by atoms with E-state index in [9.17, 15) is 19.2 Å². The van der Waals surface area contributed by atoms with Crippen LogP contribution in [0, 0.1) is 5.41 Å². The number of aromatic nitrogens is 3. The van der Waals surface area contributed by atoms with Gasteiger partial charge in [-0.15, -0.1) is 23.1 Å². The molecule has 0 N–H and O–H groups in total. The highest BCUT2D eigenvalue weighted by Gasteiger charge is 2.28. The quantitative estimate of drug-likeness (QED) is 0.138. The van der Waals surface area contributed by atoms with Gasteiger partial charge in [-0.25, -0.2) is 4.79 Å². The van der Waals surface area contributed by atoms with E-state index in [2.05, 4.69) is 5.10 Å². The fourth-order valence-electron chi connectivity index (χ4n) is 3.48. The Hall–Kier alpha value is -2.99. The van der Waals surface area contributed by atoms with E-state index in [4.69, 9.17) is 16.3 Å². The van der Waals surface area contributed by atoms with Gasteiger partial charge in [0.2, 0.25) is 0 Å². The highest BCUT2D eigenvalue weighted by Crippen LogP contribution is 2.33. The molecular weight excluding hydrogens is 566 g/mol. The summed E-state index contributed by atoms with van der Waals surface area (Å²) in [7, 11) is 1.22. The fourth-order valence-corrected chi connectivity index (χ4v) is 6.27. The van der Waals surface area contributed by atoms with Crippen LogP contribution < -0.4 is 5.56 Å². The Morgan fingerprint density at radius 1 is 1.16 bits per heavy atom. The van der Waals surface area contributed by atoms with Crippen molar-refractivity contribution in [3.8, 4) is 11.3 Å². The molecule has 0 fully saturated rings. The molecule has 0 bridgehead atoms. The van der Waals surface area contributed by atoms with Crippen molar-refractivity contribution in [3.05, 3.63) is 78.0 Å². The van der Waals surface area contributed by atoms with E-state index in [1.807, 2.05) is 12.1 Å². The zero-order chi connectivity index (χ0) is 27.6. The molecule has 12 heteroatoms. The van der Waals surface area contributed by atoms with Gasteiger partial charge in [0.25, 0.3) is 11.5 Å². The Balaban J connectivity index is 1.80. The van der Waals surface area contributed by atoms with Crippen LogP contribution in [-0.4, -0.2) is 39.1 Å². The average molecular weight is 590 g/mol. The maximum Gasteiger partial charge on any atom is 0.338 e. The van der Waals surface area contributed by atoms with Crippen LogP contribution in [0.15, 0.2) is 57.1 Å². The predicted octanol–water partition coefficient (Wildman–Crippen LogP) is 6.14. The Morgan fingerprint density at radius 3 is 2.53 bits per heavy atom. The Morgan fingerprint density at radius 2 is 1.92 bits per heavy atom. The molecule has 4 rings (SSSR count). The molecule has 0 radical (unpaired) electrons. The second-order valence-corrected chi connectivity index (χ2v) is 12.9. The lowest BCUT2D eigenvalue weighted by molar-refractivity contribution is 0.0601. The average Bonchev–Trinajstić information content (AvgIpc) is 3.63. The molecule has 0 aliphatic rings. The number of ether oxygens (including phenoxy) is 1. The van der Waals surface area contributed by atoms with Crippen LogP contribution in [0.25, 0.3) is 11.3 Å². The third-order valence-corrected chi connectivity index (χ3v) is 8.61. The second kappa shape index (κ2) is 11.4. The van der Waals surface area contributed by atoms with Gasteiger partial charge in [0.15, 0.2) is 5.78 Å². The van der Waals surface area contributed by atoms with E-state index >= 15 is 0 Å². The first kappa shape index (κ1) is 28.0. The summed E-state index contributed by atoms with van der Waals surface area (Å²) in [4.78, 5) is 52.5. The summed E-state index contributed by atoms with van der Waals surface area (Å²) in [5, 5.41) is 8.61. The van der Waals surface area contributed by atoms with E-state index < -0.39 is 16.9 Å². The maximum absolute atomic E-state index is 13.3. The first-order valence-electron chi connectivity index (χ1n) is 11.4. The number of thiophene rings is 2.